The Bertz CT molecular complexity index is 659. The van der Waals surface area contributed by atoms with E-state index in [0.29, 0.717) is 0 Å². The van der Waals surface area contributed by atoms with Crippen LogP contribution in [0.4, 0.5) is 0 Å². The summed E-state index contributed by atoms with van der Waals surface area (Å²) in [7, 11) is -2.64. The van der Waals surface area contributed by atoms with Crippen molar-refractivity contribution in [3.8, 4) is 0 Å². The van der Waals surface area contributed by atoms with E-state index in [1.165, 1.54) is 10.4 Å². The van der Waals surface area contributed by atoms with Gasteiger partial charge in [-0.3, -0.25) is 0 Å². The number of hydrogen-bond acceptors (Lipinski definition) is 4. The fraction of sp³-hybridized carbons (Fsp3) is 0.429. The Labute approximate surface area is 156 Å². The second kappa shape index (κ2) is 7.62. The van der Waals surface area contributed by atoms with Crippen molar-refractivity contribution >= 4 is 18.7 Å². The van der Waals surface area contributed by atoms with Gasteiger partial charge in [0.1, 0.15) is 6.10 Å². The van der Waals surface area contributed by atoms with Gasteiger partial charge in [0.2, 0.25) is 0 Å². The van der Waals surface area contributed by atoms with Crippen LogP contribution in [-0.4, -0.2) is 43.6 Å². The van der Waals surface area contributed by atoms with Crippen molar-refractivity contribution in [2.24, 2.45) is 0 Å². The minimum atomic E-state index is -2.64. The maximum absolute atomic E-state index is 10.2. The zero-order chi connectivity index (χ0) is 18.8. The molecular formula is C21H28O4Si. The first-order chi connectivity index (χ1) is 12.3. The molecule has 2 aromatic carbocycles. The Kier molecular flexibility index (Phi) is 5.65. The first-order valence-electron chi connectivity index (χ1n) is 9.11. The molecule has 26 heavy (non-hydrogen) atoms. The van der Waals surface area contributed by atoms with E-state index in [1.54, 1.807) is 0 Å². The lowest BCUT2D eigenvalue weighted by atomic mass is 10.2. The number of aliphatic hydroxyl groups excluding tert-OH is 2. The van der Waals surface area contributed by atoms with E-state index in [4.69, 9.17) is 9.16 Å². The lowest BCUT2D eigenvalue weighted by Crippen LogP contribution is -2.67. The summed E-state index contributed by atoms with van der Waals surface area (Å²) in [6.45, 7) is 6.88. The van der Waals surface area contributed by atoms with Crippen molar-refractivity contribution < 1.29 is 19.4 Å². The van der Waals surface area contributed by atoms with Crippen LogP contribution in [0.25, 0.3) is 0 Å². The largest absolute Gasteiger partial charge is 0.405 e. The van der Waals surface area contributed by atoms with E-state index in [9.17, 15) is 10.2 Å². The number of aliphatic hydroxyl groups is 2. The quantitative estimate of drug-likeness (QED) is 0.789. The molecule has 2 unspecified atom stereocenters. The Morgan fingerprint density at radius 2 is 1.46 bits per heavy atom. The van der Waals surface area contributed by atoms with Gasteiger partial charge in [-0.15, -0.1) is 0 Å². The van der Waals surface area contributed by atoms with Crippen LogP contribution in [0.2, 0.25) is 5.04 Å². The maximum Gasteiger partial charge on any atom is 0.261 e. The van der Waals surface area contributed by atoms with Crippen LogP contribution in [0.3, 0.4) is 0 Å². The van der Waals surface area contributed by atoms with Gasteiger partial charge in [-0.2, -0.15) is 0 Å². The zero-order valence-corrected chi connectivity index (χ0v) is 16.6. The van der Waals surface area contributed by atoms with Gasteiger partial charge in [0, 0.05) is 6.42 Å². The Balaban J connectivity index is 2.03. The van der Waals surface area contributed by atoms with E-state index in [2.05, 4.69) is 45.0 Å². The lowest BCUT2D eigenvalue weighted by molar-refractivity contribution is -0.105. The first-order valence-corrected chi connectivity index (χ1v) is 11.0. The third-order valence-electron chi connectivity index (χ3n) is 5.09. The number of rotatable bonds is 5. The SMILES string of the molecule is CC(C)(C)[Si](OC[C@@H]1OC(O)CC1O)(c1ccccc1)c1ccccc1. The molecule has 0 amide bonds. The molecule has 0 aliphatic carbocycles. The van der Waals surface area contributed by atoms with E-state index < -0.39 is 26.8 Å². The normalized spacial score (nSPS) is 24.0. The summed E-state index contributed by atoms with van der Waals surface area (Å²) >= 11 is 0. The van der Waals surface area contributed by atoms with Gasteiger partial charge in [0.15, 0.2) is 6.29 Å². The van der Waals surface area contributed by atoms with Gasteiger partial charge >= 0.3 is 0 Å². The van der Waals surface area contributed by atoms with Gasteiger partial charge in [0.25, 0.3) is 8.32 Å². The Hall–Kier alpha value is -1.50. The van der Waals surface area contributed by atoms with Crippen LogP contribution in [0.5, 0.6) is 0 Å². The molecule has 1 aliphatic rings. The standard InChI is InChI=1S/C21H28O4Si/c1-21(2,3)26(16-10-6-4-7-11-16,17-12-8-5-9-13-17)24-15-19-18(22)14-20(23)25-19/h4-13,18-20,22-23H,14-15H2,1-3H3/t18?,19-,20?/m0/s1. The molecule has 5 heteroatoms. The van der Waals surface area contributed by atoms with Crippen LogP contribution in [0.15, 0.2) is 60.7 Å². The average molecular weight is 373 g/mol. The summed E-state index contributed by atoms with van der Waals surface area (Å²) in [6, 6.07) is 20.7. The summed E-state index contributed by atoms with van der Waals surface area (Å²) in [5, 5.41) is 22.1. The van der Waals surface area contributed by atoms with Gasteiger partial charge in [0.05, 0.1) is 12.7 Å². The van der Waals surface area contributed by atoms with E-state index >= 15 is 0 Å². The summed E-state index contributed by atoms with van der Waals surface area (Å²) in [6.07, 6.45) is -1.90. The molecular weight excluding hydrogens is 344 g/mol. The van der Waals surface area contributed by atoms with Crippen LogP contribution >= 0.6 is 0 Å². The number of hydrogen-bond donors (Lipinski definition) is 2. The monoisotopic (exact) mass is 372 g/mol. The molecule has 0 bridgehead atoms. The van der Waals surface area contributed by atoms with Crippen LogP contribution in [-0.2, 0) is 9.16 Å². The van der Waals surface area contributed by atoms with E-state index in [0.717, 1.165) is 0 Å². The minimum Gasteiger partial charge on any atom is -0.405 e. The van der Waals surface area contributed by atoms with Crippen LogP contribution < -0.4 is 10.4 Å². The molecule has 0 aromatic heterocycles. The molecule has 1 aliphatic heterocycles. The van der Waals surface area contributed by atoms with Gasteiger partial charge in [-0.05, 0) is 15.4 Å². The lowest BCUT2D eigenvalue weighted by Gasteiger charge is -2.43. The number of ether oxygens (including phenoxy) is 1. The third kappa shape index (κ3) is 3.63. The second-order valence-corrected chi connectivity index (χ2v) is 12.2. The fourth-order valence-corrected chi connectivity index (χ4v) is 8.40. The maximum atomic E-state index is 10.2. The van der Waals surface area contributed by atoms with E-state index in [-0.39, 0.29) is 18.1 Å². The molecule has 0 saturated carbocycles. The predicted molar refractivity (Wildman–Crippen MR) is 105 cm³/mol. The summed E-state index contributed by atoms with van der Waals surface area (Å²) in [4.78, 5) is 0. The molecule has 1 fully saturated rings. The second-order valence-electron chi connectivity index (χ2n) is 7.91. The highest BCUT2D eigenvalue weighted by atomic mass is 28.4. The van der Waals surface area contributed by atoms with Crippen molar-refractivity contribution in [3.05, 3.63) is 60.7 Å². The van der Waals surface area contributed by atoms with Crippen LogP contribution in [0, 0.1) is 0 Å². The zero-order valence-electron chi connectivity index (χ0n) is 15.6. The van der Waals surface area contributed by atoms with Gasteiger partial charge in [-0.25, -0.2) is 0 Å². The molecule has 0 spiro atoms. The third-order valence-corrected chi connectivity index (χ3v) is 10.1. The molecule has 1 saturated heterocycles. The number of benzene rings is 2. The summed E-state index contributed by atoms with van der Waals surface area (Å²) in [5.41, 5.74) is 0. The van der Waals surface area contributed by atoms with Crippen molar-refractivity contribution in [1.82, 2.24) is 0 Å². The highest BCUT2D eigenvalue weighted by Gasteiger charge is 2.51. The average Bonchev–Trinajstić information content (AvgIpc) is 2.94. The predicted octanol–water partition coefficient (Wildman–Crippen LogP) is 2.03. The summed E-state index contributed by atoms with van der Waals surface area (Å²) in [5.74, 6) is 0. The first kappa shape index (κ1) is 19.3. The fourth-order valence-electron chi connectivity index (χ4n) is 3.83. The van der Waals surface area contributed by atoms with Gasteiger partial charge in [-0.1, -0.05) is 81.4 Å². The topological polar surface area (TPSA) is 58.9 Å². The molecule has 2 N–H and O–H groups in total. The smallest absolute Gasteiger partial charge is 0.261 e. The minimum absolute atomic E-state index is 0.127. The van der Waals surface area contributed by atoms with Crippen molar-refractivity contribution in [2.45, 2.75) is 50.7 Å². The van der Waals surface area contributed by atoms with Gasteiger partial charge < -0.3 is 19.4 Å². The molecule has 3 atom stereocenters. The molecule has 2 aromatic rings. The highest BCUT2D eigenvalue weighted by molar-refractivity contribution is 6.99. The molecule has 140 valence electrons. The highest BCUT2D eigenvalue weighted by Crippen LogP contribution is 2.37. The molecule has 0 radical (unpaired) electrons. The van der Waals surface area contributed by atoms with Crippen molar-refractivity contribution in [2.75, 3.05) is 6.61 Å². The van der Waals surface area contributed by atoms with Crippen molar-refractivity contribution in [3.63, 3.8) is 0 Å². The summed E-state index contributed by atoms with van der Waals surface area (Å²) < 4.78 is 12.2. The van der Waals surface area contributed by atoms with E-state index in [1.807, 2.05) is 36.4 Å². The molecule has 3 rings (SSSR count). The molecule has 1 heterocycles. The molecule has 4 nitrogen and oxygen atoms in total. The Morgan fingerprint density at radius 1 is 0.962 bits per heavy atom. The Morgan fingerprint density at radius 3 is 1.85 bits per heavy atom. The van der Waals surface area contributed by atoms with Crippen molar-refractivity contribution in [1.29, 1.82) is 0 Å². The van der Waals surface area contributed by atoms with Crippen LogP contribution in [0.1, 0.15) is 27.2 Å².